The molecular formula is C16H12N4O5S. The van der Waals surface area contributed by atoms with E-state index in [1.165, 1.54) is 24.3 Å². The molecule has 10 heteroatoms. The average Bonchev–Trinajstić information content (AvgIpc) is 3.24. The largest absolute Gasteiger partial charge is 0.433 e. The highest BCUT2D eigenvalue weighted by molar-refractivity contribution is 7.14. The van der Waals surface area contributed by atoms with Crippen molar-refractivity contribution in [1.29, 1.82) is 0 Å². The number of aromatic nitrogens is 1. The molecule has 0 spiro atoms. The molecule has 0 aliphatic rings. The molecule has 9 nitrogen and oxygen atoms in total. The summed E-state index contributed by atoms with van der Waals surface area (Å²) in [5.74, 6) is -1.46. The van der Waals surface area contributed by atoms with E-state index in [0.717, 1.165) is 11.6 Å². The van der Waals surface area contributed by atoms with Gasteiger partial charge in [0, 0.05) is 23.6 Å². The zero-order valence-corrected chi connectivity index (χ0v) is 14.2. The highest BCUT2D eigenvalue weighted by Gasteiger charge is 2.18. The zero-order valence-electron chi connectivity index (χ0n) is 13.4. The van der Waals surface area contributed by atoms with Gasteiger partial charge < -0.3 is 9.73 Å². The molecule has 0 atom stereocenters. The van der Waals surface area contributed by atoms with Crippen molar-refractivity contribution in [3.05, 3.63) is 57.7 Å². The number of carbonyl (C=O) groups excluding carboxylic acids is 2. The van der Waals surface area contributed by atoms with Crippen LogP contribution in [0.4, 0.5) is 16.7 Å². The summed E-state index contributed by atoms with van der Waals surface area (Å²) in [5.41, 5.74) is 2.12. The van der Waals surface area contributed by atoms with Gasteiger partial charge in [-0.05, 0) is 18.2 Å². The number of hydrogen-bond donors (Lipinski definition) is 2. The fourth-order valence-electron chi connectivity index (χ4n) is 2.10. The van der Waals surface area contributed by atoms with E-state index < -0.39 is 16.7 Å². The molecule has 2 amide bonds. The van der Waals surface area contributed by atoms with Crippen molar-refractivity contribution in [2.24, 2.45) is 0 Å². The second-order valence-corrected chi connectivity index (χ2v) is 6.00. The van der Waals surface area contributed by atoms with E-state index in [0.29, 0.717) is 16.5 Å². The lowest BCUT2D eigenvalue weighted by Crippen LogP contribution is -2.10. The van der Waals surface area contributed by atoms with E-state index in [9.17, 15) is 19.7 Å². The van der Waals surface area contributed by atoms with Crippen LogP contribution in [0.25, 0.3) is 11.3 Å². The van der Waals surface area contributed by atoms with Crippen LogP contribution in [0.5, 0.6) is 0 Å². The summed E-state index contributed by atoms with van der Waals surface area (Å²) in [6.07, 6.45) is 0. The number of nitro groups is 1. The molecule has 3 aromatic rings. The quantitative estimate of drug-likeness (QED) is 0.521. The highest BCUT2D eigenvalue weighted by atomic mass is 32.1. The van der Waals surface area contributed by atoms with E-state index in [4.69, 9.17) is 4.42 Å². The summed E-state index contributed by atoms with van der Waals surface area (Å²) in [6, 6.07) is 9.41. The summed E-state index contributed by atoms with van der Waals surface area (Å²) in [5, 5.41) is 17.9. The highest BCUT2D eigenvalue weighted by Crippen LogP contribution is 2.26. The summed E-state index contributed by atoms with van der Waals surface area (Å²) < 4.78 is 4.85. The summed E-state index contributed by atoms with van der Waals surface area (Å²) >= 11 is 1.21. The molecule has 132 valence electrons. The third-order valence-corrected chi connectivity index (χ3v) is 3.98. The number of hydrogen-bond acceptors (Lipinski definition) is 7. The number of nitrogens with one attached hydrogen (secondary N) is 2. The zero-order chi connectivity index (χ0) is 18.7. The first kappa shape index (κ1) is 17.3. The van der Waals surface area contributed by atoms with Crippen molar-refractivity contribution < 1.29 is 18.9 Å². The SMILES string of the molecule is CC(=O)Nc1ccc(-c2csc(NC(=O)c3ccc([N+](=O)[O-])o3)n2)cc1. The van der Waals surface area contributed by atoms with Crippen molar-refractivity contribution in [2.75, 3.05) is 10.6 Å². The number of rotatable bonds is 5. The van der Waals surface area contributed by atoms with Crippen molar-refractivity contribution in [1.82, 2.24) is 4.98 Å². The third-order valence-electron chi connectivity index (χ3n) is 3.22. The Hall–Kier alpha value is -3.53. The molecule has 0 saturated carbocycles. The average molecular weight is 372 g/mol. The molecule has 0 bridgehead atoms. The van der Waals surface area contributed by atoms with Gasteiger partial charge in [0.15, 0.2) is 10.9 Å². The monoisotopic (exact) mass is 372 g/mol. The summed E-state index contributed by atoms with van der Waals surface area (Å²) in [4.78, 5) is 37.2. The van der Waals surface area contributed by atoms with Crippen LogP contribution in [-0.4, -0.2) is 21.7 Å². The summed E-state index contributed by atoms with van der Waals surface area (Å²) in [7, 11) is 0. The van der Waals surface area contributed by atoms with Gasteiger partial charge in [-0.3, -0.25) is 25.0 Å². The molecule has 0 aliphatic carbocycles. The normalized spacial score (nSPS) is 10.3. The Kier molecular flexibility index (Phi) is 4.76. The number of furan rings is 1. The van der Waals surface area contributed by atoms with E-state index in [1.54, 1.807) is 29.6 Å². The Morgan fingerprint density at radius 2 is 1.88 bits per heavy atom. The molecule has 3 rings (SSSR count). The van der Waals surface area contributed by atoms with Gasteiger partial charge in [-0.15, -0.1) is 11.3 Å². The van der Waals surface area contributed by atoms with Gasteiger partial charge in [-0.1, -0.05) is 12.1 Å². The lowest BCUT2D eigenvalue weighted by Gasteiger charge is -2.02. The van der Waals surface area contributed by atoms with Gasteiger partial charge in [-0.2, -0.15) is 0 Å². The van der Waals surface area contributed by atoms with E-state index in [1.807, 2.05) is 0 Å². The number of nitrogens with zero attached hydrogens (tertiary/aromatic N) is 2. The molecule has 1 aromatic carbocycles. The van der Waals surface area contributed by atoms with Crippen molar-refractivity contribution in [3.8, 4) is 11.3 Å². The second-order valence-electron chi connectivity index (χ2n) is 5.15. The molecule has 0 aliphatic heterocycles. The fourth-order valence-corrected chi connectivity index (χ4v) is 2.81. The number of amides is 2. The Bertz CT molecular complexity index is 977. The van der Waals surface area contributed by atoms with Gasteiger partial charge in [0.2, 0.25) is 5.91 Å². The van der Waals surface area contributed by atoms with E-state index in [-0.39, 0.29) is 11.7 Å². The van der Waals surface area contributed by atoms with Crippen LogP contribution in [0, 0.1) is 10.1 Å². The molecule has 0 radical (unpaired) electrons. The van der Waals surface area contributed by atoms with Crippen LogP contribution in [0.1, 0.15) is 17.5 Å². The summed E-state index contributed by atoms with van der Waals surface area (Å²) in [6.45, 7) is 1.43. The third kappa shape index (κ3) is 3.92. The maximum Gasteiger partial charge on any atom is 0.433 e. The molecule has 26 heavy (non-hydrogen) atoms. The van der Waals surface area contributed by atoms with Gasteiger partial charge in [0.05, 0.1) is 11.8 Å². The second kappa shape index (κ2) is 7.15. The Balaban J connectivity index is 1.70. The van der Waals surface area contributed by atoms with Crippen molar-refractivity contribution >= 4 is 39.9 Å². The van der Waals surface area contributed by atoms with Crippen LogP contribution in [0.2, 0.25) is 0 Å². The predicted octanol–water partition coefficient (Wildman–Crippen LogP) is 3.52. The Labute approximate surface area is 150 Å². The first-order chi connectivity index (χ1) is 12.4. The van der Waals surface area contributed by atoms with Crippen LogP contribution < -0.4 is 10.6 Å². The number of carbonyl (C=O) groups is 2. The minimum Gasteiger partial charge on any atom is -0.395 e. The minimum absolute atomic E-state index is 0.158. The first-order valence-corrected chi connectivity index (χ1v) is 8.19. The lowest BCUT2D eigenvalue weighted by atomic mass is 10.1. The first-order valence-electron chi connectivity index (χ1n) is 7.31. The van der Waals surface area contributed by atoms with Gasteiger partial charge in [0.25, 0.3) is 5.91 Å². The number of benzene rings is 1. The van der Waals surface area contributed by atoms with Gasteiger partial charge >= 0.3 is 5.88 Å². The standard InChI is InChI=1S/C16H12N4O5S/c1-9(21)17-11-4-2-10(3-5-11)12-8-26-16(18-12)19-15(22)13-6-7-14(25-13)20(23)24/h2-8H,1H3,(H,17,21)(H,18,19,22). The molecule has 0 fully saturated rings. The number of anilines is 2. The minimum atomic E-state index is -0.719. The predicted molar refractivity (Wildman–Crippen MR) is 95.2 cm³/mol. The van der Waals surface area contributed by atoms with Crippen LogP contribution >= 0.6 is 11.3 Å². The van der Waals surface area contributed by atoms with Crippen LogP contribution in [0.3, 0.4) is 0 Å². The fraction of sp³-hybridized carbons (Fsp3) is 0.0625. The molecule has 2 aromatic heterocycles. The molecule has 2 N–H and O–H groups in total. The molecule has 2 heterocycles. The number of thiazole rings is 1. The Morgan fingerprint density at radius 3 is 2.50 bits per heavy atom. The maximum absolute atomic E-state index is 12.0. The Morgan fingerprint density at radius 1 is 1.15 bits per heavy atom. The van der Waals surface area contributed by atoms with Gasteiger partial charge in [-0.25, -0.2) is 4.98 Å². The lowest BCUT2D eigenvalue weighted by molar-refractivity contribution is -0.402. The van der Waals surface area contributed by atoms with Gasteiger partial charge in [0.1, 0.15) is 4.92 Å². The molecule has 0 unspecified atom stereocenters. The van der Waals surface area contributed by atoms with E-state index in [2.05, 4.69) is 15.6 Å². The molecule has 0 saturated heterocycles. The van der Waals surface area contributed by atoms with Crippen molar-refractivity contribution in [3.63, 3.8) is 0 Å². The van der Waals surface area contributed by atoms with E-state index >= 15 is 0 Å². The topological polar surface area (TPSA) is 127 Å². The smallest absolute Gasteiger partial charge is 0.395 e. The molecular weight excluding hydrogens is 360 g/mol. The van der Waals surface area contributed by atoms with Crippen LogP contribution in [-0.2, 0) is 4.79 Å². The van der Waals surface area contributed by atoms with Crippen molar-refractivity contribution in [2.45, 2.75) is 6.92 Å². The van der Waals surface area contributed by atoms with Crippen LogP contribution in [0.15, 0.2) is 46.2 Å². The maximum atomic E-state index is 12.0.